The molecule has 1 aromatic heterocycles. The summed E-state index contributed by atoms with van der Waals surface area (Å²) >= 11 is 1.17. The van der Waals surface area contributed by atoms with Crippen LogP contribution < -0.4 is 10.6 Å². The zero-order valence-corrected chi connectivity index (χ0v) is 19.5. The molecule has 0 fully saturated rings. The van der Waals surface area contributed by atoms with Gasteiger partial charge < -0.3 is 20.5 Å². The van der Waals surface area contributed by atoms with Gasteiger partial charge in [0.1, 0.15) is 16.5 Å². The molecule has 178 valence electrons. The molecular formula is C26H23N3O5S. The number of alkyl carbamates (subject to hydrolysis) is 1. The van der Waals surface area contributed by atoms with Crippen LogP contribution in [0.15, 0.2) is 66.4 Å². The number of fused-ring (bicyclic) bond motifs is 3. The molecule has 2 aliphatic carbocycles. The van der Waals surface area contributed by atoms with Gasteiger partial charge in [-0.05, 0) is 35.1 Å². The van der Waals surface area contributed by atoms with Gasteiger partial charge >= 0.3 is 12.1 Å². The Morgan fingerprint density at radius 2 is 1.74 bits per heavy atom. The van der Waals surface area contributed by atoms with Crippen molar-refractivity contribution < 1.29 is 24.2 Å². The van der Waals surface area contributed by atoms with Crippen molar-refractivity contribution in [2.75, 3.05) is 6.61 Å². The Morgan fingerprint density at radius 3 is 2.40 bits per heavy atom. The lowest BCUT2D eigenvalue weighted by molar-refractivity contribution is -0.132. The van der Waals surface area contributed by atoms with E-state index in [1.807, 2.05) is 24.3 Å². The van der Waals surface area contributed by atoms with Crippen LogP contribution in [0.4, 0.5) is 4.79 Å². The van der Waals surface area contributed by atoms with Crippen LogP contribution in [0, 0.1) is 0 Å². The molecule has 8 nitrogen and oxygen atoms in total. The first-order chi connectivity index (χ1) is 17.0. The van der Waals surface area contributed by atoms with E-state index in [0.29, 0.717) is 28.3 Å². The first kappa shape index (κ1) is 22.8. The SMILES string of the molecule is O=C(NCc1ncc(C(=O)NC2CC=C(C(=O)O)C2)s1)OCC1c2ccccc2-c2ccccc21. The number of thiazole rings is 1. The lowest BCUT2D eigenvalue weighted by atomic mass is 9.98. The molecular weight excluding hydrogens is 466 g/mol. The summed E-state index contributed by atoms with van der Waals surface area (Å²) in [4.78, 5) is 40.5. The summed E-state index contributed by atoms with van der Waals surface area (Å²) in [5.41, 5.74) is 4.93. The van der Waals surface area contributed by atoms with Gasteiger partial charge in [0, 0.05) is 17.5 Å². The van der Waals surface area contributed by atoms with E-state index >= 15 is 0 Å². The number of carbonyl (C=O) groups excluding carboxylic acids is 2. The van der Waals surface area contributed by atoms with E-state index in [9.17, 15) is 14.4 Å². The summed E-state index contributed by atoms with van der Waals surface area (Å²) < 4.78 is 5.53. The highest BCUT2D eigenvalue weighted by Gasteiger charge is 2.29. The normalized spacial score (nSPS) is 16.2. The van der Waals surface area contributed by atoms with Crippen molar-refractivity contribution in [1.82, 2.24) is 15.6 Å². The predicted octanol–water partition coefficient (Wildman–Crippen LogP) is 4.09. The van der Waals surface area contributed by atoms with Crippen LogP contribution in [0.5, 0.6) is 0 Å². The molecule has 35 heavy (non-hydrogen) atoms. The van der Waals surface area contributed by atoms with Crippen molar-refractivity contribution in [3.8, 4) is 11.1 Å². The van der Waals surface area contributed by atoms with Gasteiger partial charge in [-0.1, -0.05) is 54.6 Å². The van der Waals surface area contributed by atoms with Crippen molar-refractivity contribution in [3.05, 3.63) is 87.4 Å². The third kappa shape index (κ3) is 4.81. The Morgan fingerprint density at radius 1 is 1.06 bits per heavy atom. The largest absolute Gasteiger partial charge is 0.478 e. The Balaban J connectivity index is 1.12. The van der Waals surface area contributed by atoms with E-state index in [1.54, 1.807) is 6.08 Å². The highest BCUT2D eigenvalue weighted by atomic mass is 32.1. The first-order valence-electron chi connectivity index (χ1n) is 11.3. The standard InChI is InChI=1S/C26H23N3O5S/c30-24(29-16-10-9-15(11-16)25(31)32)22-12-27-23(35-22)13-28-26(33)34-14-21-19-7-3-1-5-17(19)18-6-2-4-8-20(18)21/h1-9,12,16,21H,10-11,13-14H2,(H,28,33)(H,29,30)(H,31,32). The maximum Gasteiger partial charge on any atom is 0.407 e. The molecule has 3 N–H and O–H groups in total. The van der Waals surface area contributed by atoms with E-state index in [-0.39, 0.29) is 31.0 Å². The minimum absolute atomic E-state index is 0.0185. The zero-order valence-electron chi connectivity index (χ0n) is 18.7. The number of carboxylic acids is 1. The van der Waals surface area contributed by atoms with Crippen LogP contribution in [0.2, 0.25) is 0 Å². The number of carbonyl (C=O) groups is 3. The van der Waals surface area contributed by atoms with Crippen LogP contribution in [-0.2, 0) is 16.1 Å². The number of amides is 2. The van der Waals surface area contributed by atoms with E-state index in [2.05, 4.69) is 39.9 Å². The average molecular weight is 490 g/mol. The smallest absolute Gasteiger partial charge is 0.407 e. The lowest BCUT2D eigenvalue weighted by Gasteiger charge is -2.14. The maximum atomic E-state index is 12.5. The molecule has 0 saturated carbocycles. The Bertz CT molecular complexity index is 1290. The predicted molar refractivity (Wildman–Crippen MR) is 130 cm³/mol. The second-order valence-corrected chi connectivity index (χ2v) is 9.56. The number of nitrogens with one attached hydrogen (secondary N) is 2. The quantitative estimate of drug-likeness (QED) is 0.460. The molecule has 9 heteroatoms. The van der Waals surface area contributed by atoms with Gasteiger partial charge in [-0.2, -0.15) is 0 Å². The molecule has 0 saturated heterocycles. The fraction of sp³-hybridized carbons (Fsp3) is 0.231. The van der Waals surface area contributed by atoms with Crippen molar-refractivity contribution >= 4 is 29.3 Å². The van der Waals surface area contributed by atoms with E-state index in [1.165, 1.54) is 28.7 Å². The van der Waals surface area contributed by atoms with Gasteiger partial charge in [0.2, 0.25) is 0 Å². The van der Waals surface area contributed by atoms with Crippen LogP contribution in [-0.4, -0.2) is 40.7 Å². The summed E-state index contributed by atoms with van der Waals surface area (Å²) in [5.74, 6) is -1.28. The van der Waals surface area contributed by atoms with Crippen LogP contribution in [0.3, 0.4) is 0 Å². The van der Waals surface area contributed by atoms with Gasteiger partial charge in [0.25, 0.3) is 5.91 Å². The Kier molecular flexibility index (Phi) is 6.33. The second-order valence-electron chi connectivity index (χ2n) is 8.44. The summed E-state index contributed by atoms with van der Waals surface area (Å²) in [6, 6.07) is 16.0. The van der Waals surface area contributed by atoms with E-state index in [0.717, 1.165) is 11.1 Å². The molecule has 2 aliphatic rings. The summed E-state index contributed by atoms with van der Waals surface area (Å²) in [5, 5.41) is 15.1. The molecule has 1 unspecified atom stereocenters. The zero-order chi connectivity index (χ0) is 24.4. The number of aliphatic carboxylic acids is 1. The molecule has 1 heterocycles. The minimum atomic E-state index is -0.957. The van der Waals surface area contributed by atoms with E-state index < -0.39 is 12.1 Å². The number of hydrogen-bond donors (Lipinski definition) is 3. The summed E-state index contributed by atoms with van der Waals surface area (Å²) in [7, 11) is 0. The summed E-state index contributed by atoms with van der Waals surface area (Å²) in [6.45, 7) is 0.363. The minimum Gasteiger partial charge on any atom is -0.478 e. The Labute approximate surface area is 205 Å². The molecule has 5 rings (SSSR count). The van der Waals surface area contributed by atoms with Crippen molar-refractivity contribution in [2.24, 2.45) is 0 Å². The molecule has 2 amide bonds. The summed E-state index contributed by atoms with van der Waals surface area (Å²) in [6.07, 6.45) is 3.32. The molecule has 0 spiro atoms. The van der Waals surface area contributed by atoms with Gasteiger partial charge in [0.15, 0.2) is 0 Å². The highest BCUT2D eigenvalue weighted by molar-refractivity contribution is 7.13. The van der Waals surface area contributed by atoms with Crippen LogP contribution in [0.25, 0.3) is 11.1 Å². The number of nitrogens with zero attached hydrogens (tertiary/aromatic N) is 1. The van der Waals surface area contributed by atoms with Gasteiger partial charge in [-0.15, -0.1) is 11.3 Å². The van der Waals surface area contributed by atoms with Gasteiger partial charge in [-0.3, -0.25) is 4.79 Å². The number of benzene rings is 2. The number of carboxylic acid groups (broad SMARTS) is 1. The number of ether oxygens (including phenoxy) is 1. The third-order valence-corrected chi connectivity index (χ3v) is 7.23. The molecule has 0 radical (unpaired) electrons. The fourth-order valence-corrected chi connectivity index (χ4v) is 5.31. The Hall–Kier alpha value is -3.98. The number of rotatable bonds is 7. The number of aromatic nitrogens is 1. The van der Waals surface area contributed by atoms with Crippen LogP contribution in [0.1, 0.15) is 44.6 Å². The fourth-order valence-electron chi connectivity index (χ4n) is 4.55. The third-order valence-electron chi connectivity index (χ3n) is 6.23. The van der Waals surface area contributed by atoms with Crippen molar-refractivity contribution in [1.29, 1.82) is 0 Å². The number of hydrogen-bond acceptors (Lipinski definition) is 6. The first-order valence-corrected chi connectivity index (χ1v) is 12.1. The highest BCUT2D eigenvalue weighted by Crippen LogP contribution is 2.44. The molecule has 1 atom stereocenters. The molecule has 0 bridgehead atoms. The van der Waals surface area contributed by atoms with Crippen LogP contribution >= 0.6 is 11.3 Å². The van der Waals surface area contributed by atoms with Crippen molar-refractivity contribution in [3.63, 3.8) is 0 Å². The molecule has 2 aromatic carbocycles. The van der Waals surface area contributed by atoms with Crippen molar-refractivity contribution in [2.45, 2.75) is 31.3 Å². The van der Waals surface area contributed by atoms with Gasteiger partial charge in [0.05, 0.1) is 12.7 Å². The monoisotopic (exact) mass is 489 g/mol. The molecule has 3 aromatic rings. The maximum absolute atomic E-state index is 12.5. The average Bonchev–Trinajstić information content (AvgIpc) is 3.59. The second kappa shape index (κ2) is 9.71. The topological polar surface area (TPSA) is 118 Å². The lowest BCUT2D eigenvalue weighted by Crippen LogP contribution is -2.32. The van der Waals surface area contributed by atoms with E-state index in [4.69, 9.17) is 9.84 Å². The van der Waals surface area contributed by atoms with Gasteiger partial charge in [-0.25, -0.2) is 14.6 Å². The molecule has 0 aliphatic heterocycles.